The van der Waals surface area contributed by atoms with Gasteiger partial charge in [-0.3, -0.25) is 4.79 Å². The van der Waals surface area contributed by atoms with Crippen molar-refractivity contribution in [2.75, 3.05) is 5.73 Å². The molecule has 0 aliphatic carbocycles. The van der Waals surface area contributed by atoms with E-state index < -0.39 is 5.97 Å². The predicted molar refractivity (Wildman–Crippen MR) is 59.7 cm³/mol. The zero-order valence-electron chi connectivity index (χ0n) is 8.10. The van der Waals surface area contributed by atoms with Crippen LogP contribution in [0, 0.1) is 0 Å². The zero-order chi connectivity index (χ0) is 10.8. The third-order valence-electron chi connectivity index (χ3n) is 2.28. The fourth-order valence-corrected chi connectivity index (χ4v) is 1.60. The molecule has 0 bridgehead atoms. The summed E-state index contributed by atoms with van der Waals surface area (Å²) in [6.45, 7) is 0. The van der Waals surface area contributed by atoms with Crippen molar-refractivity contribution in [1.82, 2.24) is 0 Å². The highest BCUT2D eigenvalue weighted by molar-refractivity contribution is 5.86. The minimum absolute atomic E-state index is 0.0559. The Bertz CT molecular complexity index is 520. The molecular weight excluding hydrogens is 190 g/mol. The van der Waals surface area contributed by atoms with Crippen LogP contribution in [0.1, 0.15) is 5.56 Å². The highest BCUT2D eigenvalue weighted by atomic mass is 16.4. The molecule has 0 unspecified atom stereocenters. The maximum absolute atomic E-state index is 10.5. The second-order valence-electron chi connectivity index (χ2n) is 3.51. The molecule has 3 heteroatoms. The van der Waals surface area contributed by atoms with Gasteiger partial charge in [0.15, 0.2) is 0 Å². The largest absolute Gasteiger partial charge is 0.481 e. The Morgan fingerprint density at radius 1 is 1.13 bits per heavy atom. The van der Waals surface area contributed by atoms with Crippen LogP contribution in [0.15, 0.2) is 36.4 Å². The van der Waals surface area contributed by atoms with Gasteiger partial charge in [-0.1, -0.05) is 24.3 Å². The molecule has 0 atom stereocenters. The van der Waals surface area contributed by atoms with Crippen LogP contribution >= 0.6 is 0 Å². The number of benzene rings is 2. The number of nitrogens with two attached hydrogens (primary N) is 1. The third kappa shape index (κ3) is 2.07. The molecular formula is C12H11NO2. The molecule has 0 heterocycles. The van der Waals surface area contributed by atoms with Crippen molar-refractivity contribution in [2.45, 2.75) is 6.42 Å². The molecule has 0 saturated carbocycles. The van der Waals surface area contributed by atoms with E-state index in [2.05, 4.69) is 0 Å². The summed E-state index contributed by atoms with van der Waals surface area (Å²) in [6.07, 6.45) is 0.0559. The van der Waals surface area contributed by atoms with Crippen molar-refractivity contribution in [3.63, 3.8) is 0 Å². The van der Waals surface area contributed by atoms with Gasteiger partial charge in [0.1, 0.15) is 0 Å². The van der Waals surface area contributed by atoms with Crippen LogP contribution < -0.4 is 5.73 Å². The lowest BCUT2D eigenvalue weighted by molar-refractivity contribution is -0.136. The topological polar surface area (TPSA) is 63.3 Å². The van der Waals surface area contributed by atoms with Crippen molar-refractivity contribution in [1.29, 1.82) is 0 Å². The Morgan fingerprint density at radius 3 is 2.53 bits per heavy atom. The Morgan fingerprint density at radius 2 is 1.80 bits per heavy atom. The van der Waals surface area contributed by atoms with Gasteiger partial charge in [0.05, 0.1) is 6.42 Å². The number of carbonyl (C=O) groups is 1. The molecule has 2 aromatic carbocycles. The van der Waals surface area contributed by atoms with Crippen molar-refractivity contribution in [2.24, 2.45) is 0 Å². The molecule has 0 aliphatic heterocycles. The van der Waals surface area contributed by atoms with Gasteiger partial charge >= 0.3 is 5.97 Å². The number of rotatable bonds is 2. The number of fused-ring (bicyclic) bond motifs is 1. The minimum atomic E-state index is -0.815. The molecule has 0 amide bonds. The van der Waals surface area contributed by atoms with E-state index in [4.69, 9.17) is 10.8 Å². The van der Waals surface area contributed by atoms with Crippen LogP contribution in [-0.2, 0) is 11.2 Å². The van der Waals surface area contributed by atoms with Crippen LogP contribution in [0.3, 0.4) is 0 Å². The molecule has 2 rings (SSSR count). The summed E-state index contributed by atoms with van der Waals surface area (Å²) in [4.78, 5) is 10.5. The highest BCUT2D eigenvalue weighted by Crippen LogP contribution is 2.19. The van der Waals surface area contributed by atoms with E-state index in [0.29, 0.717) is 5.69 Å². The summed E-state index contributed by atoms with van der Waals surface area (Å²) in [5.41, 5.74) is 7.17. The first-order valence-corrected chi connectivity index (χ1v) is 4.65. The van der Waals surface area contributed by atoms with Crippen molar-refractivity contribution in [3.8, 4) is 0 Å². The lowest BCUT2D eigenvalue weighted by Crippen LogP contribution is -1.99. The number of hydrogen-bond acceptors (Lipinski definition) is 2. The first kappa shape index (κ1) is 9.52. The lowest BCUT2D eigenvalue weighted by atomic mass is 10.0. The zero-order valence-corrected chi connectivity index (χ0v) is 8.10. The standard InChI is InChI=1S/C12H11NO2/c13-11-4-3-9-5-8(6-12(14)15)1-2-10(9)7-11/h1-5,7H,6,13H2,(H,14,15). The van der Waals surface area contributed by atoms with Crippen LogP contribution in [0.2, 0.25) is 0 Å². The second kappa shape index (κ2) is 3.61. The number of anilines is 1. The minimum Gasteiger partial charge on any atom is -0.481 e. The van der Waals surface area contributed by atoms with E-state index >= 15 is 0 Å². The van der Waals surface area contributed by atoms with E-state index in [9.17, 15) is 4.79 Å². The molecule has 0 radical (unpaired) electrons. The van der Waals surface area contributed by atoms with Gasteiger partial charge in [0, 0.05) is 5.69 Å². The molecule has 0 aliphatic rings. The van der Waals surface area contributed by atoms with Crippen LogP contribution in [0.4, 0.5) is 5.69 Å². The van der Waals surface area contributed by atoms with Crippen LogP contribution in [-0.4, -0.2) is 11.1 Å². The van der Waals surface area contributed by atoms with E-state index in [1.165, 1.54) is 0 Å². The first-order valence-electron chi connectivity index (χ1n) is 4.65. The van der Waals surface area contributed by atoms with E-state index in [1.54, 1.807) is 0 Å². The average molecular weight is 201 g/mol. The van der Waals surface area contributed by atoms with Gasteiger partial charge in [0.2, 0.25) is 0 Å². The molecule has 0 fully saturated rings. The fraction of sp³-hybridized carbons (Fsp3) is 0.0833. The van der Waals surface area contributed by atoms with Crippen molar-refractivity contribution >= 4 is 22.4 Å². The molecule has 76 valence electrons. The Balaban J connectivity index is 2.47. The monoisotopic (exact) mass is 201 g/mol. The predicted octanol–water partition coefficient (Wildman–Crippen LogP) is 2.05. The van der Waals surface area contributed by atoms with Gasteiger partial charge in [-0.25, -0.2) is 0 Å². The Labute approximate surface area is 87.1 Å². The average Bonchev–Trinajstić information content (AvgIpc) is 2.17. The maximum Gasteiger partial charge on any atom is 0.307 e. The van der Waals surface area contributed by atoms with Gasteiger partial charge < -0.3 is 10.8 Å². The Kier molecular flexibility index (Phi) is 2.29. The fourth-order valence-electron chi connectivity index (χ4n) is 1.60. The van der Waals surface area contributed by atoms with Gasteiger partial charge in [-0.15, -0.1) is 0 Å². The lowest BCUT2D eigenvalue weighted by Gasteiger charge is -2.02. The number of nitrogen functional groups attached to an aromatic ring is 1. The van der Waals surface area contributed by atoms with Gasteiger partial charge in [-0.2, -0.15) is 0 Å². The highest BCUT2D eigenvalue weighted by Gasteiger charge is 2.01. The Hall–Kier alpha value is -2.03. The summed E-state index contributed by atoms with van der Waals surface area (Å²) in [7, 11) is 0. The summed E-state index contributed by atoms with van der Waals surface area (Å²) >= 11 is 0. The molecule has 0 spiro atoms. The smallest absolute Gasteiger partial charge is 0.307 e. The summed E-state index contributed by atoms with van der Waals surface area (Å²) < 4.78 is 0. The van der Waals surface area contributed by atoms with Crippen molar-refractivity contribution in [3.05, 3.63) is 42.0 Å². The third-order valence-corrected chi connectivity index (χ3v) is 2.28. The number of aliphatic carboxylic acids is 1. The number of carboxylic acid groups (broad SMARTS) is 1. The van der Waals surface area contributed by atoms with Gasteiger partial charge in [0.25, 0.3) is 0 Å². The van der Waals surface area contributed by atoms with Gasteiger partial charge in [-0.05, 0) is 28.5 Å². The number of carboxylic acids is 1. The molecule has 0 aromatic heterocycles. The normalized spacial score (nSPS) is 10.4. The second-order valence-corrected chi connectivity index (χ2v) is 3.51. The van der Waals surface area contributed by atoms with E-state index in [-0.39, 0.29) is 6.42 Å². The summed E-state index contributed by atoms with van der Waals surface area (Å²) in [5.74, 6) is -0.815. The molecule has 3 nitrogen and oxygen atoms in total. The van der Waals surface area contributed by atoms with E-state index in [1.807, 2.05) is 36.4 Å². The summed E-state index contributed by atoms with van der Waals surface area (Å²) in [5, 5.41) is 10.7. The van der Waals surface area contributed by atoms with Crippen molar-refractivity contribution < 1.29 is 9.90 Å². The SMILES string of the molecule is Nc1ccc2cc(CC(=O)O)ccc2c1. The molecule has 2 aromatic rings. The van der Waals surface area contributed by atoms with Crippen LogP contribution in [0.25, 0.3) is 10.8 Å². The van der Waals surface area contributed by atoms with E-state index in [0.717, 1.165) is 16.3 Å². The first-order chi connectivity index (χ1) is 7.15. The number of hydrogen-bond donors (Lipinski definition) is 2. The molecule has 15 heavy (non-hydrogen) atoms. The maximum atomic E-state index is 10.5. The molecule has 0 saturated heterocycles. The molecule has 3 N–H and O–H groups in total. The summed E-state index contributed by atoms with van der Waals surface area (Å²) in [6, 6.07) is 11.2. The van der Waals surface area contributed by atoms with Crippen LogP contribution in [0.5, 0.6) is 0 Å². The quantitative estimate of drug-likeness (QED) is 0.731.